The summed E-state index contributed by atoms with van der Waals surface area (Å²) in [7, 11) is 0. The zero-order valence-corrected chi connectivity index (χ0v) is 13.6. The number of halogens is 1. The average molecular weight is 304 g/mol. The molecular weight excluding hydrogens is 282 g/mol. The van der Waals surface area contributed by atoms with Gasteiger partial charge in [0.1, 0.15) is 12.4 Å². The maximum absolute atomic E-state index is 5.99. The van der Waals surface area contributed by atoms with E-state index < -0.39 is 0 Å². The van der Waals surface area contributed by atoms with Crippen LogP contribution in [0.3, 0.4) is 0 Å². The third-order valence-corrected chi connectivity index (χ3v) is 3.70. The maximum atomic E-state index is 5.99. The summed E-state index contributed by atoms with van der Waals surface area (Å²) in [5.74, 6) is 0.801. The molecule has 0 amide bonds. The van der Waals surface area contributed by atoms with E-state index in [1.54, 1.807) is 0 Å². The lowest BCUT2D eigenvalue weighted by Gasteiger charge is -2.21. The van der Waals surface area contributed by atoms with Gasteiger partial charge in [-0.05, 0) is 49.7 Å². The van der Waals surface area contributed by atoms with Gasteiger partial charge in [0, 0.05) is 5.02 Å². The summed E-state index contributed by atoms with van der Waals surface area (Å²) >= 11 is 5.99. The predicted molar refractivity (Wildman–Crippen MR) is 89.3 cm³/mol. The molecule has 0 saturated heterocycles. The lowest BCUT2D eigenvalue weighted by molar-refractivity contribution is 0.268. The van der Waals surface area contributed by atoms with Crippen LogP contribution in [0.4, 0.5) is 0 Å². The van der Waals surface area contributed by atoms with Crippen molar-refractivity contribution in [2.45, 2.75) is 26.8 Å². The second-order valence-electron chi connectivity index (χ2n) is 5.24. The van der Waals surface area contributed by atoms with E-state index in [0.717, 1.165) is 12.3 Å². The highest BCUT2D eigenvalue weighted by molar-refractivity contribution is 6.30. The van der Waals surface area contributed by atoms with Gasteiger partial charge in [-0.1, -0.05) is 48.4 Å². The van der Waals surface area contributed by atoms with E-state index in [0.29, 0.717) is 11.6 Å². The Balaban J connectivity index is 2.12. The molecule has 1 atom stereocenters. The zero-order valence-electron chi connectivity index (χ0n) is 12.8. The summed E-state index contributed by atoms with van der Waals surface area (Å²) < 4.78 is 5.89. The minimum absolute atomic E-state index is 0.176. The molecule has 0 bridgehead atoms. The molecule has 2 aromatic rings. The third kappa shape index (κ3) is 4.48. The molecule has 3 heteroatoms. The molecule has 0 fully saturated rings. The molecule has 21 heavy (non-hydrogen) atoms. The van der Waals surface area contributed by atoms with Crippen molar-refractivity contribution in [3.8, 4) is 5.75 Å². The molecule has 0 saturated carbocycles. The number of ether oxygens (including phenoxy) is 1. The van der Waals surface area contributed by atoms with Crippen molar-refractivity contribution >= 4 is 11.6 Å². The Hall–Kier alpha value is -1.51. The molecule has 0 heterocycles. The van der Waals surface area contributed by atoms with Gasteiger partial charge >= 0.3 is 0 Å². The highest BCUT2D eigenvalue weighted by atomic mass is 35.5. The Kier molecular flexibility index (Phi) is 5.66. The van der Waals surface area contributed by atoms with Gasteiger partial charge in [-0.15, -0.1) is 0 Å². The van der Waals surface area contributed by atoms with Crippen molar-refractivity contribution in [1.82, 2.24) is 5.32 Å². The van der Waals surface area contributed by atoms with Crippen LogP contribution >= 0.6 is 11.6 Å². The first kappa shape index (κ1) is 15.9. The van der Waals surface area contributed by atoms with Crippen LogP contribution < -0.4 is 10.1 Å². The minimum atomic E-state index is 0.176. The fourth-order valence-electron chi connectivity index (χ4n) is 2.46. The number of aryl methyl sites for hydroxylation is 2. The summed E-state index contributed by atoms with van der Waals surface area (Å²) in [6.07, 6.45) is 0. The van der Waals surface area contributed by atoms with Gasteiger partial charge < -0.3 is 10.1 Å². The van der Waals surface area contributed by atoms with E-state index in [-0.39, 0.29) is 6.04 Å². The van der Waals surface area contributed by atoms with Crippen LogP contribution in [0.1, 0.15) is 29.7 Å². The van der Waals surface area contributed by atoms with Crippen molar-refractivity contribution in [3.63, 3.8) is 0 Å². The summed E-state index contributed by atoms with van der Waals surface area (Å²) in [6, 6.07) is 14.2. The normalized spacial score (nSPS) is 12.2. The monoisotopic (exact) mass is 303 g/mol. The van der Waals surface area contributed by atoms with Crippen LogP contribution in [0.15, 0.2) is 42.5 Å². The SMILES string of the molecule is CCNC(COc1cccc(Cl)c1)c1ccc(C)cc1C. The summed E-state index contributed by atoms with van der Waals surface area (Å²) in [6.45, 7) is 7.85. The molecule has 0 radical (unpaired) electrons. The van der Waals surface area contributed by atoms with E-state index in [9.17, 15) is 0 Å². The lowest BCUT2D eigenvalue weighted by Crippen LogP contribution is -2.27. The fraction of sp³-hybridized carbons (Fsp3) is 0.333. The smallest absolute Gasteiger partial charge is 0.120 e. The molecule has 112 valence electrons. The Morgan fingerprint density at radius 2 is 1.95 bits per heavy atom. The second kappa shape index (κ2) is 7.48. The minimum Gasteiger partial charge on any atom is -0.492 e. The van der Waals surface area contributed by atoms with Gasteiger partial charge in [-0.2, -0.15) is 0 Å². The van der Waals surface area contributed by atoms with E-state index in [4.69, 9.17) is 16.3 Å². The summed E-state index contributed by atoms with van der Waals surface area (Å²) in [5.41, 5.74) is 3.85. The molecule has 0 aliphatic heterocycles. The Labute approximate surface area is 132 Å². The number of hydrogen-bond acceptors (Lipinski definition) is 2. The quantitative estimate of drug-likeness (QED) is 0.836. The molecule has 0 aliphatic carbocycles. The molecule has 2 aromatic carbocycles. The van der Waals surface area contributed by atoms with Crippen LogP contribution in [-0.4, -0.2) is 13.2 Å². The number of hydrogen-bond donors (Lipinski definition) is 1. The zero-order chi connectivity index (χ0) is 15.2. The molecule has 0 spiro atoms. The maximum Gasteiger partial charge on any atom is 0.120 e. The van der Waals surface area contributed by atoms with Gasteiger partial charge in [-0.25, -0.2) is 0 Å². The van der Waals surface area contributed by atoms with Crippen molar-refractivity contribution < 1.29 is 4.74 Å². The largest absolute Gasteiger partial charge is 0.492 e. The number of rotatable bonds is 6. The van der Waals surface area contributed by atoms with Crippen LogP contribution in [0.25, 0.3) is 0 Å². The highest BCUT2D eigenvalue weighted by Crippen LogP contribution is 2.22. The third-order valence-electron chi connectivity index (χ3n) is 3.46. The number of nitrogens with one attached hydrogen (secondary N) is 1. The van der Waals surface area contributed by atoms with E-state index in [2.05, 4.69) is 44.3 Å². The highest BCUT2D eigenvalue weighted by Gasteiger charge is 2.13. The molecular formula is C18H22ClNO. The van der Waals surface area contributed by atoms with Crippen molar-refractivity contribution in [1.29, 1.82) is 0 Å². The average Bonchev–Trinajstić information content (AvgIpc) is 2.44. The van der Waals surface area contributed by atoms with Gasteiger partial charge in [-0.3, -0.25) is 0 Å². The summed E-state index contributed by atoms with van der Waals surface area (Å²) in [4.78, 5) is 0. The topological polar surface area (TPSA) is 21.3 Å². The van der Waals surface area contributed by atoms with Crippen LogP contribution in [0, 0.1) is 13.8 Å². The Morgan fingerprint density at radius 3 is 2.62 bits per heavy atom. The molecule has 1 N–H and O–H groups in total. The van der Waals surface area contributed by atoms with Gasteiger partial charge in [0.25, 0.3) is 0 Å². The standard InChI is InChI=1S/C18H22ClNO/c1-4-20-18(17-9-8-13(2)10-14(17)3)12-21-16-7-5-6-15(19)11-16/h5-11,18,20H,4,12H2,1-3H3. The van der Waals surface area contributed by atoms with Crippen molar-refractivity contribution in [3.05, 3.63) is 64.2 Å². The fourth-order valence-corrected chi connectivity index (χ4v) is 2.64. The van der Waals surface area contributed by atoms with Crippen LogP contribution in [0.5, 0.6) is 5.75 Å². The second-order valence-corrected chi connectivity index (χ2v) is 5.68. The van der Waals surface area contributed by atoms with Crippen molar-refractivity contribution in [2.75, 3.05) is 13.2 Å². The molecule has 0 aromatic heterocycles. The van der Waals surface area contributed by atoms with Gasteiger partial charge in [0.05, 0.1) is 6.04 Å². The lowest BCUT2D eigenvalue weighted by atomic mass is 9.99. The van der Waals surface area contributed by atoms with E-state index >= 15 is 0 Å². The van der Waals surface area contributed by atoms with Crippen LogP contribution in [-0.2, 0) is 0 Å². The number of benzene rings is 2. The van der Waals surface area contributed by atoms with E-state index in [1.165, 1.54) is 16.7 Å². The predicted octanol–water partition coefficient (Wildman–Crippen LogP) is 4.69. The Morgan fingerprint density at radius 1 is 1.14 bits per heavy atom. The number of likely N-dealkylation sites (N-methyl/N-ethyl adjacent to an activating group) is 1. The first-order valence-electron chi connectivity index (χ1n) is 7.29. The molecule has 0 aliphatic rings. The Bertz CT molecular complexity index is 598. The van der Waals surface area contributed by atoms with Gasteiger partial charge in [0.15, 0.2) is 0 Å². The first-order valence-corrected chi connectivity index (χ1v) is 7.67. The molecule has 1 unspecified atom stereocenters. The molecule has 2 nitrogen and oxygen atoms in total. The van der Waals surface area contributed by atoms with E-state index in [1.807, 2.05) is 24.3 Å². The van der Waals surface area contributed by atoms with Crippen LogP contribution in [0.2, 0.25) is 5.02 Å². The molecule has 2 rings (SSSR count). The summed E-state index contributed by atoms with van der Waals surface area (Å²) in [5, 5.41) is 4.18. The first-order chi connectivity index (χ1) is 10.1. The van der Waals surface area contributed by atoms with Crippen molar-refractivity contribution in [2.24, 2.45) is 0 Å². The van der Waals surface area contributed by atoms with Gasteiger partial charge in [0.2, 0.25) is 0 Å².